The summed E-state index contributed by atoms with van der Waals surface area (Å²) in [6.45, 7) is 6.76. The van der Waals surface area contributed by atoms with Crippen LogP contribution in [0.15, 0.2) is 72.1 Å². The molecule has 162 valence electrons. The summed E-state index contributed by atoms with van der Waals surface area (Å²) < 4.78 is 8.14. The first-order chi connectivity index (χ1) is 15.3. The lowest BCUT2D eigenvalue weighted by Crippen LogP contribution is -2.46. The van der Waals surface area contributed by atoms with Crippen LogP contribution in [0.4, 0.5) is 0 Å². The fourth-order valence-electron chi connectivity index (χ4n) is 5.18. The van der Waals surface area contributed by atoms with E-state index in [1.54, 1.807) is 0 Å². The number of aryl methyl sites for hydroxylation is 1. The molecule has 1 saturated heterocycles. The number of methoxy groups -OCH3 is 1. The Kier molecular flexibility index (Phi) is 5.99. The van der Waals surface area contributed by atoms with Crippen molar-refractivity contribution in [1.29, 1.82) is 0 Å². The minimum absolute atomic E-state index is 1.03. The third kappa shape index (κ3) is 4.09. The van der Waals surface area contributed by atoms with Crippen LogP contribution in [0.2, 0.25) is 0 Å². The number of para-hydroxylation sites is 2. The molecule has 1 aromatic heterocycles. The highest BCUT2D eigenvalue weighted by Crippen LogP contribution is 2.29. The van der Waals surface area contributed by atoms with E-state index in [9.17, 15) is 0 Å². The Hall–Kier alpha value is -2.72. The third-order valence-electron chi connectivity index (χ3n) is 6.84. The molecule has 4 nitrogen and oxygen atoms in total. The second kappa shape index (κ2) is 9.19. The molecule has 1 aliphatic carbocycles. The van der Waals surface area contributed by atoms with Gasteiger partial charge in [-0.1, -0.05) is 42.5 Å². The van der Waals surface area contributed by atoms with Gasteiger partial charge in [0.25, 0.3) is 0 Å². The lowest BCUT2D eigenvalue weighted by molar-refractivity contribution is 0.149. The summed E-state index contributed by atoms with van der Waals surface area (Å²) in [5.41, 5.74) is 4.03. The molecule has 0 N–H and O–H groups in total. The van der Waals surface area contributed by atoms with Crippen molar-refractivity contribution < 1.29 is 4.74 Å². The molecule has 0 radical (unpaired) electrons. The second-order valence-electron chi connectivity index (χ2n) is 8.68. The molecule has 0 saturated carbocycles. The lowest BCUT2D eigenvalue weighted by Gasteiger charge is -2.37. The molecule has 0 spiro atoms. The first-order valence-electron chi connectivity index (χ1n) is 11.7. The summed E-state index contributed by atoms with van der Waals surface area (Å²) in [4.78, 5) is 5.13. The van der Waals surface area contributed by atoms with E-state index in [0.29, 0.717) is 0 Å². The van der Waals surface area contributed by atoms with Crippen molar-refractivity contribution in [2.45, 2.75) is 32.2 Å². The van der Waals surface area contributed by atoms with Crippen LogP contribution in [0.25, 0.3) is 21.8 Å². The predicted octanol–water partition coefficient (Wildman–Crippen LogP) is 5.40. The third-order valence-corrected chi connectivity index (χ3v) is 6.84. The highest BCUT2D eigenvalue weighted by molar-refractivity contribution is 6.07. The molecule has 0 amide bonds. The van der Waals surface area contributed by atoms with Gasteiger partial charge in [-0.2, -0.15) is 0 Å². The van der Waals surface area contributed by atoms with Gasteiger partial charge in [-0.25, -0.2) is 0 Å². The van der Waals surface area contributed by atoms with Crippen molar-refractivity contribution in [2.75, 3.05) is 39.8 Å². The highest BCUT2D eigenvalue weighted by Gasteiger charge is 2.21. The quantitative estimate of drug-likeness (QED) is 0.482. The zero-order valence-corrected chi connectivity index (χ0v) is 18.6. The molecule has 3 aromatic rings. The minimum atomic E-state index is 1.03. The van der Waals surface area contributed by atoms with Crippen LogP contribution in [0.5, 0.6) is 0 Å². The maximum absolute atomic E-state index is 5.63. The number of allylic oxidation sites excluding steroid dienone is 3. The fourth-order valence-corrected chi connectivity index (χ4v) is 5.18. The Bertz CT molecular complexity index is 1050. The topological polar surface area (TPSA) is 20.6 Å². The van der Waals surface area contributed by atoms with Crippen molar-refractivity contribution in [2.24, 2.45) is 0 Å². The molecule has 31 heavy (non-hydrogen) atoms. The van der Waals surface area contributed by atoms with Gasteiger partial charge in [0.1, 0.15) is 5.76 Å². The lowest BCUT2D eigenvalue weighted by atomic mass is 10.1. The minimum Gasteiger partial charge on any atom is -0.499 e. The van der Waals surface area contributed by atoms with Gasteiger partial charge in [0.05, 0.1) is 12.8 Å². The van der Waals surface area contributed by atoms with E-state index in [4.69, 9.17) is 4.74 Å². The van der Waals surface area contributed by atoms with E-state index in [-0.39, 0.29) is 0 Å². The fraction of sp³-hybridized carbons (Fsp3) is 0.407. The summed E-state index contributed by atoms with van der Waals surface area (Å²) in [5.74, 6) is 1.15. The number of ether oxygens (including phenoxy) is 1. The highest BCUT2D eigenvalue weighted by atomic mass is 16.5. The molecule has 1 aliphatic heterocycles. The van der Waals surface area contributed by atoms with Crippen molar-refractivity contribution in [3.05, 3.63) is 72.1 Å². The van der Waals surface area contributed by atoms with Crippen LogP contribution in [0.3, 0.4) is 0 Å². The molecule has 2 aromatic carbocycles. The molecule has 0 bridgehead atoms. The Morgan fingerprint density at radius 3 is 2.13 bits per heavy atom. The summed E-state index contributed by atoms with van der Waals surface area (Å²) in [5, 5.41) is 2.74. The standard InChI is InChI=1S/C27H33N3O/c1-31-27-15-7-6-14-26(27)29-20-18-28(19-21-29)16-8-9-17-30-24-12-4-2-10-22(24)23-11-3-5-13-25(23)30/h2-6,10-14H,7-9,15-21H2,1H3. The predicted molar refractivity (Wildman–Crippen MR) is 129 cm³/mol. The van der Waals surface area contributed by atoms with Crippen LogP contribution in [0.1, 0.15) is 25.7 Å². The number of benzene rings is 2. The van der Waals surface area contributed by atoms with E-state index >= 15 is 0 Å². The van der Waals surface area contributed by atoms with Gasteiger partial charge in [-0.05, 0) is 44.0 Å². The Labute approximate surface area is 185 Å². The van der Waals surface area contributed by atoms with E-state index in [1.165, 1.54) is 46.9 Å². The summed E-state index contributed by atoms with van der Waals surface area (Å²) in [7, 11) is 1.81. The summed E-state index contributed by atoms with van der Waals surface area (Å²) >= 11 is 0. The van der Waals surface area contributed by atoms with Crippen molar-refractivity contribution in [3.63, 3.8) is 0 Å². The number of hydrogen-bond donors (Lipinski definition) is 0. The number of nitrogens with zero attached hydrogens (tertiary/aromatic N) is 3. The zero-order valence-electron chi connectivity index (χ0n) is 18.6. The van der Waals surface area contributed by atoms with Crippen molar-refractivity contribution in [1.82, 2.24) is 14.4 Å². The van der Waals surface area contributed by atoms with Gasteiger partial charge >= 0.3 is 0 Å². The molecule has 0 atom stereocenters. The molecule has 2 heterocycles. The SMILES string of the molecule is COC1=C(N2CCN(CCCCn3c4ccccc4c4ccccc43)CC2)C=CCC1. The van der Waals surface area contributed by atoms with Gasteiger partial charge in [0, 0.05) is 61.0 Å². The zero-order chi connectivity index (χ0) is 21.0. The average Bonchev–Trinajstić information content (AvgIpc) is 3.16. The van der Waals surface area contributed by atoms with Gasteiger partial charge < -0.3 is 14.2 Å². The number of piperazine rings is 1. The molecule has 2 aliphatic rings. The first-order valence-corrected chi connectivity index (χ1v) is 11.7. The number of rotatable bonds is 7. The molecular formula is C27H33N3O. The van der Waals surface area contributed by atoms with Gasteiger partial charge in [0.15, 0.2) is 0 Å². The van der Waals surface area contributed by atoms with Gasteiger partial charge in [-0.15, -0.1) is 0 Å². The number of fused-ring (bicyclic) bond motifs is 3. The molecule has 1 fully saturated rings. The molecule has 4 heteroatoms. The number of hydrogen-bond acceptors (Lipinski definition) is 3. The van der Waals surface area contributed by atoms with E-state index < -0.39 is 0 Å². The normalized spacial score (nSPS) is 17.8. The van der Waals surface area contributed by atoms with E-state index in [0.717, 1.165) is 51.3 Å². The number of aromatic nitrogens is 1. The smallest absolute Gasteiger partial charge is 0.119 e. The average molecular weight is 416 g/mol. The Balaban J connectivity index is 1.15. The Morgan fingerprint density at radius 2 is 1.45 bits per heavy atom. The van der Waals surface area contributed by atoms with Gasteiger partial charge in [-0.3, -0.25) is 4.90 Å². The van der Waals surface area contributed by atoms with Crippen LogP contribution in [0, 0.1) is 0 Å². The van der Waals surface area contributed by atoms with Crippen molar-refractivity contribution >= 4 is 21.8 Å². The van der Waals surface area contributed by atoms with E-state index in [1.807, 2.05) is 7.11 Å². The van der Waals surface area contributed by atoms with Crippen LogP contribution in [-0.2, 0) is 11.3 Å². The first kappa shape index (κ1) is 20.2. The second-order valence-corrected chi connectivity index (χ2v) is 8.68. The Morgan fingerprint density at radius 1 is 0.806 bits per heavy atom. The maximum atomic E-state index is 5.63. The molecular weight excluding hydrogens is 382 g/mol. The summed E-state index contributed by atoms with van der Waals surface area (Å²) in [6, 6.07) is 17.6. The monoisotopic (exact) mass is 415 g/mol. The largest absolute Gasteiger partial charge is 0.499 e. The van der Waals surface area contributed by atoms with Gasteiger partial charge in [0.2, 0.25) is 0 Å². The number of unbranched alkanes of at least 4 members (excludes halogenated alkanes) is 1. The molecule has 0 unspecified atom stereocenters. The molecule has 5 rings (SSSR count). The van der Waals surface area contributed by atoms with E-state index in [2.05, 4.69) is 75.0 Å². The van der Waals surface area contributed by atoms with Crippen LogP contribution >= 0.6 is 0 Å². The maximum Gasteiger partial charge on any atom is 0.119 e. The van der Waals surface area contributed by atoms with Crippen LogP contribution < -0.4 is 0 Å². The van der Waals surface area contributed by atoms with Crippen molar-refractivity contribution in [3.8, 4) is 0 Å². The van der Waals surface area contributed by atoms with Crippen LogP contribution in [-0.4, -0.2) is 54.2 Å². The summed E-state index contributed by atoms with van der Waals surface area (Å²) in [6.07, 6.45) is 9.11.